The molecule has 7 heteroatoms. The molecule has 1 aromatic heterocycles. The second kappa shape index (κ2) is 9.26. The lowest BCUT2D eigenvalue weighted by molar-refractivity contribution is -0.119. The number of amides is 1. The van der Waals surface area contributed by atoms with E-state index in [9.17, 15) is 4.79 Å². The standard InChI is InChI=1S/C21H23ClN4OS/c1-4-18(15-7-5-14(2)6-8-15)23-19(27)13-28-21-25-24-20(26(21)3)16-9-11-17(22)12-10-16/h5-12,18H,4,13H2,1-3H3,(H,23,27)/t18-/m0/s1. The summed E-state index contributed by atoms with van der Waals surface area (Å²) in [7, 11) is 1.89. The third kappa shape index (κ3) is 4.94. The van der Waals surface area contributed by atoms with Gasteiger partial charge in [-0.2, -0.15) is 0 Å². The van der Waals surface area contributed by atoms with E-state index in [0.29, 0.717) is 10.2 Å². The first kappa shape index (κ1) is 20.4. The number of benzene rings is 2. The van der Waals surface area contributed by atoms with Crippen molar-refractivity contribution < 1.29 is 4.79 Å². The highest BCUT2D eigenvalue weighted by Crippen LogP contribution is 2.24. The number of hydrogen-bond acceptors (Lipinski definition) is 4. The van der Waals surface area contributed by atoms with Crippen molar-refractivity contribution in [1.82, 2.24) is 20.1 Å². The Kier molecular flexibility index (Phi) is 6.75. The van der Waals surface area contributed by atoms with Crippen LogP contribution in [0.1, 0.15) is 30.5 Å². The molecule has 146 valence electrons. The number of nitrogens with zero attached hydrogens (tertiary/aromatic N) is 3. The van der Waals surface area contributed by atoms with Crippen LogP contribution in [0, 0.1) is 6.92 Å². The van der Waals surface area contributed by atoms with Crippen molar-refractivity contribution in [2.24, 2.45) is 7.05 Å². The van der Waals surface area contributed by atoms with E-state index in [0.717, 1.165) is 23.4 Å². The van der Waals surface area contributed by atoms with E-state index in [-0.39, 0.29) is 17.7 Å². The Bertz CT molecular complexity index is 938. The Morgan fingerprint density at radius 2 is 1.82 bits per heavy atom. The molecule has 0 saturated heterocycles. The first-order valence-electron chi connectivity index (χ1n) is 9.12. The van der Waals surface area contributed by atoms with Crippen LogP contribution in [0.2, 0.25) is 5.02 Å². The first-order valence-corrected chi connectivity index (χ1v) is 10.5. The molecule has 3 aromatic rings. The number of thioether (sulfide) groups is 1. The summed E-state index contributed by atoms with van der Waals surface area (Å²) in [5, 5.41) is 12.9. The number of hydrogen-bond donors (Lipinski definition) is 1. The van der Waals surface area contributed by atoms with Gasteiger partial charge >= 0.3 is 0 Å². The van der Waals surface area contributed by atoms with E-state index in [1.165, 1.54) is 17.3 Å². The predicted octanol–water partition coefficient (Wildman–Crippen LogP) is 4.80. The van der Waals surface area contributed by atoms with Crippen LogP contribution in [0.4, 0.5) is 0 Å². The summed E-state index contributed by atoms with van der Waals surface area (Å²) in [6.45, 7) is 4.12. The van der Waals surface area contributed by atoms with Gasteiger partial charge in [-0.25, -0.2) is 0 Å². The van der Waals surface area contributed by atoms with Crippen LogP contribution >= 0.6 is 23.4 Å². The molecule has 0 aliphatic carbocycles. The fourth-order valence-corrected chi connectivity index (χ4v) is 3.73. The van der Waals surface area contributed by atoms with E-state index >= 15 is 0 Å². The number of aromatic nitrogens is 3. The van der Waals surface area contributed by atoms with Crippen molar-refractivity contribution in [1.29, 1.82) is 0 Å². The van der Waals surface area contributed by atoms with Gasteiger partial charge in [-0.1, -0.05) is 60.1 Å². The van der Waals surface area contributed by atoms with E-state index in [4.69, 9.17) is 11.6 Å². The monoisotopic (exact) mass is 414 g/mol. The highest BCUT2D eigenvalue weighted by atomic mass is 35.5. The Labute approximate surface area is 174 Å². The largest absolute Gasteiger partial charge is 0.349 e. The van der Waals surface area contributed by atoms with Gasteiger partial charge in [0.05, 0.1) is 11.8 Å². The summed E-state index contributed by atoms with van der Waals surface area (Å²) >= 11 is 7.32. The van der Waals surface area contributed by atoms with Crippen LogP contribution in [0.3, 0.4) is 0 Å². The molecule has 0 spiro atoms. The van der Waals surface area contributed by atoms with Crippen molar-refractivity contribution in [2.75, 3.05) is 5.75 Å². The normalized spacial score (nSPS) is 12.0. The molecule has 0 fully saturated rings. The third-order valence-electron chi connectivity index (χ3n) is 4.49. The lowest BCUT2D eigenvalue weighted by atomic mass is 10.0. The zero-order chi connectivity index (χ0) is 20.1. The van der Waals surface area contributed by atoms with Gasteiger partial charge in [-0.3, -0.25) is 4.79 Å². The highest BCUT2D eigenvalue weighted by molar-refractivity contribution is 7.99. The minimum atomic E-state index is -0.0199. The summed E-state index contributed by atoms with van der Waals surface area (Å²) in [5.74, 6) is 1.01. The van der Waals surface area contributed by atoms with Crippen molar-refractivity contribution in [3.05, 3.63) is 64.7 Å². The zero-order valence-corrected chi connectivity index (χ0v) is 17.7. The molecule has 0 aliphatic rings. The number of carbonyl (C=O) groups is 1. The van der Waals surface area contributed by atoms with Crippen LogP contribution < -0.4 is 5.32 Å². The van der Waals surface area contributed by atoms with Crippen LogP contribution in [0.5, 0.6) is 0 Å². The van der Waals surface area contributed by atoms with E-state index in [2.05, 4.69) is 53.6 Å². The number of rotatable bonds is 7. The molecule has 28 heavy (non-hydrogen) atoms. The number of aryl methyl sites for hydroxylation is 1. The fourth-order valence-electron chi connectivity index (χ4n) is 2.88. The zero-order valence-electron chi connectivity index (χ0n) is 16.1. The molecule has 3 rings (SSSR count). The van der Waals surface area contributed by atoms with Crippen molar-refractivity contribution in [3.63, 3.8) is 0 Å². The van der Waals surface area contributed by atoms with Crippen molar-refractivity contribution >= 4 is 29.3 Å². The second-order valence-corrected chi connectivity index (χ2v) is 7.98. The molecule has 1 atom stereocenters. The second-order valence-electron chi connectivity index (χ2n) is 6.60. The molecule has 0 bridgehead atoms. The molecule has 1 amide bonds. The van der Waals surface area contributed by atoms with Gasteiger partial charge in [0, 0.05) is 17.6 Å². The third-order valence-corrected chi connectivity index (χ3v) is 5.77. The van der Waals surface area contributed by atoms with E-state index in [1.54, 1.807) is 0 Å². The smallest absolute Gasteiger partial charge is 0.230 e. The summed E-state index contributed by atoms with van der Waals surface area (Å²) in [4.78, 5) is 12.4. The van der Waals surface area contributed by atoms with Crippen LogP contribution in [0.25, 0.3) is 11.4 Å². The number of carbonyl (C=O) groups excluding carboxylic acids is 1. The lowest BCUT2D eigenvalue weighted by Crippen LogP contribution is -2.29. The SMILES string of the molecule is CC[C@H](NC(=O)CSc1nnc(-c2ccc(Cl)cc2)n1C)c1ccc(C)cc1. The maximum Gasteiger partial charge on any atom is 0.230 e. The van der Waals surface area contributed by atoms with Crippen LogP contribution in [-0.4, -0.2) is 26.4 Å². The van der Waals surface area contributed by atoms with Crippen LogP contribution in [-0.2, 0) is 11.8 Å². The molecular weight excluding hydrogens is 392 g/mol. The average molecular weight is 415 g/mol. The highest BCUT2D eigenvalue weighted by Gasteiger charge is 2.16. The lowest BCUT2D eigenvalue weighted by Gasteiger charge is -2.17. The maximum absolute atomic E-state index is 12.4. The minimum Gasteiger partial charge on any atom is -0.349 e. The van der Waals surface area contributed by atoms with Gasteiger partial charge < -0.3 is 9.88 Å². The topological polar surface area (TPSA) is 59.8 Å². The molecule has 1 heterocycles. The Hall–Kier alpha value is -2.31. The van der Waals surface area contributed by atoms with Crippen molar-refractivity contribution in [2.45, 2.75) is 31.5 Å². The van der Waals surface area contributed by atoms with Gasteiger partial charge in [0.2, 0.25) is 5.91 Å². The fraction of sp³-hybridized carbons (Fsp3) is 0.286. The Morgan fingerprint density at radius 3 is 2.46 bits per heavy atom. The molecule has 0 saturated carbocycles. The van der Waals surface area contributed by atoms with E-state index in [1.807, 2.05) is 35.9 Å². The maximum atomic E-state index is 12.4. The molecule has 5 nitrogen and oxygen atoms in total. The summed E-state index contributed by atoms with van der Waals surface area (Å²) in [6.07, 6.45) is 0.837. The summed E-state index contributed by atoms with van der Waals surface area (Å²) in [6, 6.07) is 15.7. The average Bonchev–Trinajstić information content (AvgIpc) is 3.06. The van der Waals surface area contributed by atoms with Gasteiger partial charge in [-0.15, -0.1) is 10.2 Å². The predicted molar refractivity (Wildman–Crippen MR) is 115 cm³/mol. The van der Waals surface area contributed by atoms with Gasteiger partial charge in [0.25, 0.3) is 0 Å². The van der Waals surface area contributed by atoms with E-state index < -0.39 is 0 Å². The molecular formula is C21H23ClN4OS. The molecule has 0 unspecified atom stereocenters. The molecule has 1 N–H and O–H groups in total. The Balaban J connectivity index is 1.61. The van der Waals surface area contributed by atoms with Gasteiger partial charge in [0.15, 0.2) is 11.0 Å². The summed E-state index contributed by atoms with van der Waals surface area (Å²) in [5.41, 5.74) is 3.26. The molecule has 0 aliphatic heterocycles. The van der Waals surface area contributed by atoms with Crippen molar-refractivity contribution in [3.8, 4) is 11.4 Å². The van der Waals surface area contributed by atoms with Gasteiger partial charge in [0.1, 0.15) is 0 Å². The number of nitrogens with one attached hydrogen (secondary N) is 1. The minimum absolute atomic E-state index is 0.0119. The van der Waals surface area contributed by atoms with Crippen LogP contribution in [0.15, 0.2) is 53.7 Å². The Morgan fingerprint density at radius 1 is 1.14 bits per heavy atom. The number of halogens is 1. The molecule has 2 aromatic carbocycles. The quantitative estimate of drug-likeness (QED) is 0.564. The first-order chi connectivity index (χ1) is 13.5. The summed E-state index contributed by atoms with van der Waals surface area (Å²) < 4.78 is 1.89. The molecule has 0 radical (unpaired) electrons. The van der Waals surface area contributed by atoms with Gasteiger partial charge in [-0.05, 0) is 43.2 Å².